The molecule has 0 aliphatic carbocycles. The van der Waals surface area contributed by atoms with Gasteiger partial charge in [0, 0.05) is 11.3 Å². The quantitative estimate of drug-likeness (QED) is 0.242. The number of alkyl carbamates (subject to hydrolysis) is 1. The molecule has 1 aromatic carbocycles. The average Bonchev–Trinajstić information content (AvgIpc) is 2.53. The Morgan fingerprint density at radius 1 is 1.17 bits per heavy atom. The predicted molar refractivity (Wildman–Crippen MR) is 87.7 cm³/mol. The van der Waals surface area contributed by atoms with Gasteiger partial charge in [-0.2, -0.15) is 0 Å². The molecule has 0 aromatic heterocycles. The molecule has 0 fully saturated rings. The number of amidine groups is 1. The summed E-state index contributed by atoms with van der Waals surface area (Å²) in [7, 11) is 0. The van der Waals surface area contributed by atoms with Crippen molar-refractivity contribution in [3.63, 3.8) is 0 Å². The molecule has 23 heavy (non-hydrogen) atoms. The van der Waals surface area contributed by atoms with Crippen LogP contribution < -0.4 is 10.6 Å². The van der Waals surface area contributed by atoms with Gasteiger partial charge in [0.1, 0.15) is 12.4 Å². The molecule has 1 aromatic rings. The maximum Gasteiger partial charge on any atom is 0.412 e. The van der Waals surface area contributed by atoms with Crippen molar-refractivity contribution in [2.75, 3.05) is 18.5 Å². The summed E-state index contributed by atoms with van der Waals surface area (Å²) in [4.78, 5) is 22.0. The second kappa shape index (κ2) is 10.1. The van der Waals surface area contributed by atoms with Gasteiger partial charge in [-0.3, -0.25) is 15.5 Å². The normalized spacial score (nSPS) is 9.91. The van der Waals surface area contributed by atoms with Crippen LogP contribution in [0.2, 0.25) is 0 Å². The minimum absolute atomic E-state index is 0.0717. The first kappa shape index (κ1) is 18.3. The second-order valence-corrected chi connectivity index (χ2v) is 4.87. The van der Waals surface area contributed by atoms with Gasteiger partial charge < -0.3 is 15.2 Å². The average molecular weight is 320 g/mol. The van der Waals surface area contributed by atoms with Crippen molar-refractivity contribution in [2.45, 2.75) is 25.7 Å². The number of aliphatic carboxylic acids is 1. The monoisotopic (exact) mass is 320 g/mol. The number of hydrogen-bond donors (Lipinski definition) is 4. The van der Waals surface area contributed by atoms with E-state index in [4.69, 9.17) is 15.3 Å². The van der Waals surface area contributed by atoms with Crippen LogP contribution in [0.3, 0.4) is 0 Å². The Morgan fingerprint density at radius 2 is 1.87 bits per heavy atom. The summed E-state index contributed by atoms with van der Waals surface area (Å²) in [5, 5.41) is 21.4. The fourth-order valence-electron chi connectivity index (χ4n) is 1.76. The van der Waals surface area contributed by atoms with Gasteiger partial charge in [-0.1, -0.05) is 0 Å². The number of anilines is 1. The lowest BCUT2D eigenvalue weighted by atomic mass is 10.2. The summed E-state index contributed by atoms with van der Waals surface area (Å²) in [6, 6.07) is 6.50. The van der Waals surface area contributed by atoms with E-state index >= 15 is 0 Å². The molecule has 0 aliphatic heterocycles. The van der Waals surface area contributed by atoms with E-state index in [-0.39, 0.29) is 12.4 Å². The highest BCUT2D eigenvalue weighted by molar-refractivity contribution is 6.04. The molecule has 0 aliphatic rings. The van der Waals surface area contributed by atoms with Crippen molar-refractivity contribution < 1.29 is 19.4 Å². The van der Waals surface area contributed by atoms with Crippen molar-refractivity contribution in [1.29, 1.82) is 5.41 Å². The molecular weight excluding hydrogens is 298 g/mol. The van der Waals surface area contributed by atoms with Gasteiger partial charge in [0.05, 0.1) is 20.0 Å². The third-order valence-electron chi connectivity index (χ3n) is 2.97. The SMILES string of the molecule is [CH2+]CCCCCOC(=O)NC(=N)c1ccc(NCC(=O)O)cc1. The van der Waals surface area contributed by atoms with Crippen LogP contribution >= 0.6 is 0 Å². The lowest BCUT2D eigenvalue weighted by Crippen LogP contribution is -2.31. The zero-order valence-electron chi connectivity index (χ0n) is 12.9. The molecule has 0 bridgehead atoms. The number of carbonyl (C=O) groups is 2. The maximum absolute atomic E-state index is 11.5. The van der Waals surface area contributed by atoms with Gasteiger partial charge in [0.2, 0.25) is 0 Å². The number of carboxylic acid groups (broad SMARTS) is 1. The number of ether oxygens (including phenoxy) is 1. The van der Waals surface area contributed by atoms with Gasteiger partial charge >= 0.3 is 12.1 Å². The molecule has 0 atom stereocenters. The highest BCUT2D eigenvalue weighted by atomic mass is 16.5. The lowest BCUT2D eigenvalue weighted by molar-refractivity contribution is -0.134. The van der Waals surface area contributed by atoms with Crippen molar-refractivity contribution in [3.8, 4) is 0 Å². The van der Waals surface area contributed by atoms with Crippen molar-refractivity contribution in [2.24, 2.45) is 0 Å². The van der Waals surface area contributed by atoms with Gasteiger partial charge in [-0.15, -0.1) is 0 Å². The molecule has 0 spiro atoms. The lowest BCUT2D eigenvalue weighted by Gasteiger charge is -2.09. The van der Waals surface area contributed by atoms with Crippen LogP contribution in [-0.4, -0.2) is 36.2 Å². The largest absolute Gasteiger partial charge is 0.480 e. The molecule has 7 heteroatoms. The second-order valence-electron chi connectivity index (χ2n) is 4.87. The Labute approximate surface area is 135 Å². The number of nitrogens with one attached hydrogen (secondary N) is 3. The molecule has 1 rings (SSSR count). The number of benzene rings is 1. The standard InChI is InChI=1S/C16H21N3O4/c1-2-3-4-5-10-23-16(22)19-15(17)12-6-8-13(9-7-12)18-11-14(20)21/h6-9H,1-5,10-11H2,(H3-,17,18,19,20,21,22)/p+1. The van der Waals surface area contributed by atoms with E-state index in [9.17, 15) is 9.59 Å². The summed E-state index contributed by atoms with van der Waals surface area (Å²) < 4.78 is 4.98. The summed E-state index contributed by atoms with van der Waals surface area (Å²) in [5.41, 5.74) is 1.12. The third kappa shape index (κ3) is 7.75. The van der Waals surface area contributed by atoms with Gasteiger partial charge in [0.15, 0.2) is 0 Å². The molecule has 0 unspecified atom stereocenters. The van der Waals surface area contributed by atoms with E-state index in [1.807, 2.05) is 0 Å². The Balaban J connectivity index is 2.36. The topological polar surface area (TPSA) is 112 Å². The number of carboxylic acids is 1. The Hall–Kier alpha value is -2.70. The van der Waals surface area contributed by atoms with E-state index in [1.165, 1.54) is 0 Å². The van der Waals surface area contributed by atoms with E-state index in [2.05, 4.69) is 17.6 Å². The predicted octanol–water partition coefficient (Wildman–Crippen LogP) is 2.63. The van der Waals surface area contributed by atoms with E-state index < -0.39 is 12.1 Å². The van der Waals surface area contributed by atoms with Crippen LogP contribution in [0.4, 0.5) is 10.5 Å². The molecule has 0 saturated heterocycles. The molecule has 0 heterocycles. The summed E-state index contributed by atoms with van der Waals surface area (Å²) >= 11 is 0. The first-order valence-electron chi connectivity index (χ1n) is 7.40. The van der Waals surface area contributed by atoms with E-state index in [0.717, 1.165) is 25.7 Å². The molecule has 0 saturated carbocycles. The minimum atomic E-state index is -0.957. The highest BCUT2D eigenvalue weighted by Gasteiger charge is 2.08. The number of carbonyl (C=O) groups excluding carboxylic acids is 1. The Bertz CT molecular complexity index is 529. The van der Waals surface area contributed by atoms with Crippen LogP contribution in [0.1, 0.15) is 31.2 Å². The number of unbranched alkanes of at least 4 members (excludes halogenated alkanes) is 3. The molecule has 0 radical (unpaired) electrons. The number of hydrogen-bond acceptors (Lipinski definition) is 5. The van der Waals surface area contributed by atoms with Crippen LogP contribution in [0.5, 0.6) is 0 Å². The van der Waals surface area contributed by atoms with Crippen molar-refractivity contribution >= 4 is 23.6 Å². The smallest absolute Gasteiger partial charge is 0.412 e. The maximum atomic E-state index is 11.5. The molecule has 4 N–H and O–H groups in total. The number of rotatable bonds is 9. The molecule has 1 amide bonds. The van der Waals surface area contributed by atoms with Crippen molar-refractivity contribution in [3.05, 3.63) is 36.8 Å². The third-order valence-corrected chi connectivity index (χ3v) is 2.97. The zero-order valence-corrected chi connectivity index (χ0v) is 12.9. The van der Waals surface area contributed by atoms with Gasteiger partial charge in [-0.05, 0) is 43.5 Å². The fraction of sp³-hybridized carbons (Fsp3) is 0.375. The van der Waals surface area contributed by atoms with Gasteiger partial charge in [-0.25, -0.2) is 4.79 Å². The van der Waals surface area contributed by atoms with Crippen LogP contribution in [0, 0.1) is 12.3 Å². The summed E-state index contributed by atoms with van der Waals surface area (Å²) in [5.74, 6) is -1.03. The Kier molecular flexibility index (Phi) is 8.06. The van der Waals surface area contributed by atoms with Gasteiger partial charge in [0.25, 0.3) is 0 Å². The van der Waals surface area contributed by atoms with Crippen LogP contribution in [-0.2, 0) is 9.53 Å². The minimum Gasteiger partial charge on any atom is -0.480 e. The zero-order chi connectivity index (χ0) is 17.1. The fourth-order valence-corrected chi connectivity index (χ4v) is 1.76. The highest BCUT2D eigenvalue weighted by Crippen LogP contribution is 2.09. The van der Waals surface area contributed by atoms with E-state index in [0.29, 0.717) is 17.9 Å². The summed E-state index contributed by atoms with van der Waals surface area (Å²) in [6.07, 6.45) is 2.95. The van der Waals surface area contributed by atoms with E-state index in [1.54, 1.807) is 24.3 Å². The first-order chi connectivity index (χ1) is 11.0. The first-order valence-corrected chi connectivity index (χ1v) is 7.40. The molecule has 124 valence electrons. The van der Waals surface area contributed by atoms with Crippen LogP contribution in [0.25, 0.3) is 0 Å². The number of amides is 1. The molecular formula is C16H22N3O4+. The summed E-state index contributed by atoms with van der Waals surface area (Å²) in [6.45, 7) is 3.87. The van der Waals surface area contributed by atoms with Crippen LogP contribution in [0.15, 0.2) is 24.3 Å². The van der Waals surface area contributed by atoms with Crippen molar-refractivity contribution in [1.82, 2.24) is 5.32 Å². The molecule has 7 nitrogen and oxygen atoms in total. The Morgan fingerprint density at radius 3 is 2.48 bits per heavy atom.